The third-order valence-corrected chi connectivity index (χ3v) is 18.8. The number of rotatable bonds is 13. The second-order valence-corrected chi connectivity index (χ2v) is 26.1. The number of fused-ring (bicyclic) bond motifs is 5. The number of nitrogens with zero attached hydrogens (tertiary/aromatic N) is 6. The predicted octanol–water partition coefficient (Wildman–Crippen LogP) is 9.16. The lowest BCUT2D eigenvalue weighted by Crippen LogP contribution is -2.61. The highest BCUT2D eigenvalue weighted by atomic mass is 16.6. The maximum atomic E-state index is 14.7. The number of nitrogen functional groups attached to an aromatic ring is 1. The van der Waals surface area contributed by atoms with E-state index in [4.69, 9.17) is 43.9 Å². The number of esters is 1. The van der Waals surface area contributed by atoms with E-state index in [0.29, 0.717) is 116 Å². The van der Waals surface area contributed by atoms with Gasteiger partial charge in [-0.2, -0.15) is 10.1 Å². The fourth-order valence-electron chi connectivity index (χ4n) is 13.2. The smallest absolute Gasteiger partial charge is 0.329 e. The summed E-state index contributed by atoms with van der Waals surface area (Å²) < 4.78 is 38.5. The maximum absolute atomic E-state index is 14.7. The van der Waals surface area contributed by atoms with E-state index in [0.717, 1.165) is 11.1 Å². The highest BCUT2D eigenvalue weighted by Gasteiger charge is 2.53. The molecule has 2 bridgehead atoms. The van der Waals surface area contributed by atoms with Crippen LogP contribution in [0.2, 0.25) is 0 Å². The highest BCUT2D eigenvalue weighted by molar-refractivity contribution is 6.39. The fraction of sp³-hybridized carbons (Fsp3) is 0.632. The number of anilines is 2. The zero-order valence-electron chi connectivity index (χ0n) is 54.3. The predicted molar refractivity (Wildman–Crippen MR) is 340 cm³/mol. The molecule has 2 saturated heterocycles. The molecule has 6 heterocycles. The van der Waals surface area contributed by atoms with Crippen molar-refractivity contribution >= 4 is 63.2 Å². The van der Waals surface area contributed by atoms with E-state index >= 15 is 0 Å². The number of hydrogen-bond acceptors (Lipinski definition) is 20. The summed E-state index contributed by atoms with van der Waals surface area (Å²) in [4.78, 5) is 86.8. The molecule has 8 rings (SSSR count). The molecule has 492 valence electrons. The Hall–Kier alpha value is -6.53. The number of carbonyl (C=O) groups excluding carboxylic acids is 5. The average Bonchev–Trinajstić information content (AvgIpc) is 1.74. The Morgan fingerprint density at radius 1 is 0.900 bits per heavy atom. The van der Waals surface area contributed by atoms with Crippen LogP contribution in [0.15, 0.2) is 76.5 Å². The van der Waals surface area contributed by atoms with Gasteiger partial charge in [0.2, 0.25) is 5.79 Å². The molecule has 2 unspecified atom stereocenters. The van der Waals surface area contributed by atoms with Crippen molar-refractivity contribution in [3.63, 3.8) is 0 Å². The summed E-state index contributed by atoms with van der Waals surface area (Å²) in [6.45, 7) is 17.4. The van der Waals surface area contributed by atoms with Crippen LogP contribution in [0.25, 0.3) is 33.4 Å². The monoisotopic (exact) mass is 1250 g/mol. The van der Waals surface area contributed by atoms with Crippen molar-refractivity contribution in [2.45, 2.75) is 206 Å². The Morgan fingerprint density at radius 2 is 1.68 bits per heavy atom. The fourth-order valence-corrected chi connectivity index (χ4v) is 13.2. The molecule has 1 aromatic carbocycles. The molecule has 1 saturated carbocycles. The molecule has 3 aliphatic heterocycles. The van der Waals surface area contributed by atoms with Gasteiger partial charge in [0, 0.05) is 76.1 Å². The van der Waals surface area contributed by atoms with E-state index in [2.05, 4.69) is 15.3 Å². The summed E-state index contributed by atoms with van der Waals surface area (Å²) in [5.74, 6) is -8.14. The summed E-state index contributed by atoms with van der Waals surface area (Å²) in [7, 11) is 2.94. The molecule has 22 heteroatoms. The molecule has 1 aliphatic carbocycles. The molecular weight excluding hydrogens is 1150 g/mol. The van der Waals surface area contributed by atoms with E-state index in [1.54, 1.807) is 34.0 Å². The molecule has 1 amide bonds. The van der Waals surface area contributed by atoms with Crippen molar-refractivity contribution in [2.75, 3.05) is 45.0 Å². The lowest BCUT2D eigenvalue weighted by molar-refractivity contribution is -0.266. The van der Waals surface area contributed by atoms with E-state index in [1.807, 2.05) is 94.8 Å². The second kappa shape index (κ2) is 31.2. The van der Waals surface area contributed by atoms with Gasteiger partial charge >= 0.3 is 5.97 Å². The number of methoxy groups -OCH3 is 2. The summed E-state index contributed by atoms with van der Waals surface area (Å²) in [6.07, 6.45) is 12.2. The first kappa shape index (κ1) is 69.4. The number of benzene rings is 1. The second-order valence-electron chi connectivity index (χ2n) is 26.1. The zero-order valence-corrected chi connectivity index (χ0v) is 54.3. The zero-order chi connectivity index (χ0) is 65.1. The molecule has 0 radical (unpaired) electrons. The number of ketones is 3. The first-order chi connectivity index (χ1) is 42.9. The lowest BCUT2D eigenvalue weighted by atomic mass is 9.78. The molecule has 6 N–H and O–H groups in total. The lowest BCUT2D eigenvalue weighted by Gasteiger charge is -2.43. The van der Waals surface area contributed by atoms with Gasteiger partial charge in [-0.1, -0.05) is 71.1 Å². The van der Waals surface area contributed by atoms with E-state index in [9.17, 15) is 39.3 Å². The number of nitrogens with two attached hydrogens (primary N) is 1. The van der Waals surface area contributed by atoms with E-state index < -0.39 is 83.9 Å². The standard InChI is InChI=1S/C68H96N8O14/c1-38(2)76-64-57(63(69)71-37-72-64)58(74-76)47-23-26-53-49(34-47)73-67(89-53)70-27-17-29-87-54-35-48-24-21-45(9)68(84,90-48)62(81)65(82)75-28-16-15-20-50(75)66(83)88-55(42(6)32-46-22-25-51(77)56(33-46)85-10)36-52(78)41(5)31-44(8)60(80)61(86-11)59(79)43(7)30-39(3)18-13-12-14-19-40(54)4/h12-14,18-19,23,26,31,34,37-39,41-43,45-46,48,50-51,54-56,60-61,77,80,84H,15-17,20-22,24-25,27-30,32-33,35-36H2,1-11H3,(H,70,73)(H2,69,71,72)/b14-12+,18-13+,40-19-,44-31+/t39-,41-,42?,43-,45-,46-,48+,50?,51-,54-,55+,56-,60-,61+,68-/m1/s1. The molecule has 3 aromatic heterocycles. The van der Waals surface area contributed by atoms with Crippen molar-refractivity contribution in [2.24, 2.45) is 35.5 Å². The molecule has 0 spiro atoms. The number of Topliss-reactive ketones (excluding diaryl/α,β-unsaturated/α-hetero) is 3. The van der Waals surface area contributed by atoms with Crippen LogP contribution in [0.5, 0.6) is 0 Å². The van der Waals surface area contributed by atoms with Gasteiger partial charge in [0.15, 0.2) is 17.0 Å². The number of aliphatic hydroxyl groups is 3. The Morgan fingerprint density at radius 3 is 2.42 bits per heavy atom. The quantitative estimate of drug-likeness (QED) is 0.0360. The van der Waals surface area contributed by atoms with Crippen LogP contribution >= 0.6 is 0 Å². The summed E-state index contributed by atoms with van der Waals surface area (Å²) in [5, 5.41) is 43.4. The minimum atomic E-state index is -2.52. The number of piperidine rings is 1. The number of aromatic nitrogens is 5. The number of carbonyl (C=O) groups is 5. The third kappa shape index (κ3) is 16.6. The maximum Gasteiger partial charge on any atom is 0.329 e. The number of cyclic esters (lactones) is 1. The first-order valence-electron chi connectivity index (χ1n) is 32.3. The molecule has 3 fully saturated rings. The van der Waals surface area contributed by atoms with Crippen LogP contribution in [0.3, 0.4) is 0 Å². The van der Waals surface area contributed by atoms with Crippen LogP contribution in [-0.4, -0.2) is 163 Å². The number of hydrogen-bond donors (Lipinski definition) is 5. The number of amides is 1. The van der Waals surface area contributed by atoms with Crippen LogP contribution in [0, 0.1) is 35.5 Å². The van der Waals surface area contributed by atoms with Gasteiger partial charge in [0.25, 0.3) is 17.7 Å². The van der Waals surface area contributed by atoms with Gasteiger partial charge in [-0.25, -0.2) is 19.4 Å². The summed E-state index contributed by atoms with van der Waals surface area (Å²) in [6, 6.07) is 4.78. The van der Waals surface area contributed by atoms with Crippen LogP contribution in [-0.2, 0) is 47.7 Å². The van der Waals surface area contributed by atoms with Crippen LogP contribution < -0.4 is 11.1 Å². The van der Waals surface area contributed by atoms with Gasteiger partial charge in [0.1, 0.15) is 53.5 Å². The minimum Gasteiger partial charge on any atom is -0.460 e. The number of aliphatic hydroxyl groups excluding tert-OH is 2. The van der Waals surface area contributed by atoms with Crippen molar-refractivity contribution in [3.05, 3.63) is 72.1 Å². The van der Waals surface area contributed by atoms with Gasteiger partial charge in [-0.15, -0.1) is 0 Å². The molecule has 90 heavy (non-hydrogen) atoms. The molecule has 4 aliphatic rings. The number of nitrogens with one attached hydrogen (secondary N) is 1. The molecule has 4 aromatic rings. The van der Waals surface area contributed by atoms with Crippen molar-refractivity contribution in [1.29, 1.82) is 0 Å². The largest absolute Gasteiger partial charge is 0.460 e. The Kier molecular flexibility index (Phi) is 24.0. The van der Waals surface area contributed by atoms with Crippen molar-refractivity contribution < 1.29 is 67.4 Å². The third-order valence-electron chi connectivity index (χ3n) is 18.8. The molecular formula is C68H96N8O14. The Balaban J connectivity index is 1.02. The van der Waals surface area contributed by atoms with Crippen LogP contribution in [0.4, 0.5) is 11.8 Å². The van der Waals surface area contributed by atoms with E-state index in [-0.39, 0.29) is 73.9 Å². The number of oxazole rings is 1. The van der Waals surface area contributed by atoms with Gasteiger partial charge in [0.05, 0.1) is 29.8 Å². The number of allylic oxidation sites excluding steroid dienone is 6. The van der Waals surface area contributed by atoms with Crippen LogP contribution in [0.1, 0.15) is 152 Å². The van der Waals surface area contributed by atoms with Gasteiger partial charge in [-0.3, -0.25) is 19.2 Å². The van der Waals surface area contributed by atoms with E-state index in [1.165, 1.54) is 18.3 Å². The number of ether oxygens (including phenoxy) is 5. The average molecular weight is 1250 g/mol. The molecule has 15 atom stereocenters. The first-order valence-corrected chi connectivity index (χ1v) is 32.3. The highest BCUT2D eigenvalue weighted by Crippen LogP contribution is 2.39. The minimum absolute atomic E-state index is 0.0296. The summed E-state index contributed by atoms with van der Waals surface area (Å²) in [5.41, 5.74) is 10.8. The Labute approximate surface area is 528 Å². The molecule has 22 nitrogen and oxygen atoms in total. The van der Waals surface area contributed by atoms with Crippen molar-refractivity contribution in [1.82, 2.24) is 29.6 Å². The summed E-state index contributed by atoms with van der Waals surface area (Å²) >= 11 is 0. The Bertz CT molecular complexity index is 3280. The van der Waals surface area contributed by atoms with Crippen molar-refractivity contribution in [3.8, 4) is 11.3 Å². The SMILES string of the molecule is CO[C@@H]1C[C@@H](CC(C)[C@@H]2CC(=O)[C@H](C)/C=C(\C)[C@@H](O)[C@@H](OC)C(=O)[C@H](C)C[C@H](C)/C=C/C=C/C=C(/C)[C@H](OCCCNc3nc4cc(-c5nn(C(C)C)c6ncnc(N)c56)ccc4o3)C[C@@H]3CC[C@@H](C)[C@@](O)(O3)C(=O)C(=O)N3CCCCC3C(=O)O2)CC[C@H]1O. The van der Waals surface area contributed by atoms with Gasteiger partial charge < -0.3 is 59.4 Å². The van der Waals surface area contributed by atoms with Gasteiger partial charge in [-0.05, 0) is 145 Å². The normalized spacial score (nSPS) is 32.6. The topological polar surface area (TPSA) is 303 Å².